The van der Waals surface area contributed by atoms with Crippen LogP contribution in [0.25, 0.3) is 0 Å². The number of fused-ring (bicyclic) bond motifs is 1. The van der Waals surface area contributed by atoms with E-state index in [1.807, 2.05) is 6.07 Å². The molecule has 0 aliphatic carbocycles. The SMILES string of the molecule is O=C1C[C@@H]2OC([C@H](O)c3ccccc3)C(O)[C@@H]2O1. The lowest BCUT2D eigenvalue weighted by Crippen LogP contribution is -2.35. The van der Waals surface area contributed by atoms with Crippen LogP contribution in [0.4, 0.5) is 0 Å². The highest BCUT2D eigenvalue weighted by Gasteiger charge is 2.53. The first-order chi connectivity index (χ1) is 8.66. The predicted octanol–water partition coefficient (Wildman–Crippen LogP) is 0.164. The van der Waals surface area contributed by atoms with Crippen LogP contribution in [-0.2, 0) is 14.3 Å². The van der Waals surface area contributed by atoms with E-state index in [1.54, 1.807) is 24.3 Å². The van der Waals surface area contributed by atoms with Crippen molar-refractivity contribution in [1.29, 1.82) is 0 Å². The number of hydrogen-bond acceptors (Lipinski definition) is 5. The monoisotopic (exact) mass is 250 g/mol. The van der Waals surface area contributed by atoms with Gasteiger partial charge in [-0.05, 0) is 5.56 Å². The Kier molecular flexibility index (Phi) is 2.81. The normalized spacial score (nSPS) is 36.2. The zero-order valence-corrected chi connectivity index (χ0v) is 9.60. The molecule has 1 aromatic rings. The maximum Gasteiger partial charge on any atom is 0.309 e. The molecule has 1 aromatic carbocycles. The third kappa shape index (κ3) is 1.80. The van der Waals surface area contributed by atoms with E-state index in [2.05, 4.69) is 0 Å². The van der Waals surface area contributed by atoms with Crippen molar-refractivity contribution in [1.82, 2.24) is 0 Å². The van der Waals surface area contributed by atoms with Crippen molar-refractivity contribution in [3.05, 3.63) is 35.9 Å². The Morgan fingerprint density at radius 1 is 1.28 bits per heavy atom. The summed E-state index contributed by atoms with van der Waals surface area (Å²) in [5, 5.41) is 20.2. The second-order valence-electron chi connectivity index (χ2n) is 4.64. The van der Waals surface area contributed by atoms with Gasteiger partial charge < -0.3 is 19.7 Å². The number of carbonyl (C=O) groups excluding carboxylic acids is 1. The largest absolute Gasteiger partial charge is 0.457 e. The first kappa shape index (κ1) is 11.6. The number of carbonyl (C=O) groups is 1. The second kappa shape index (κ2) is 4.35. The van der Waals surface area contributed by atoms with Crippen LogP contribution in [0.1, 0.15) is 18.1 Å². The van der Waals surface area contributed by atoms with Crippen molar-refractivity contribution in [3.63, 3.8) is 0 Å². The molecule has 5 atom stereocenters. The molecule has 3 rings (SSSR count). The lowest BCUT2D eigenvalue weighted by molar-refractivity contribution is -0.147. The number of rotatable bonds is 2. The van der Waals surface area contributed by atoms with E-state index < -0.39 is 30.5 Å². The second-order valence-corrected chi connectivity index (χ2v) is 4.64. The van der Waals surface area contributed by atoms with Crippen molar-refractivity contribution in [2.24, 2.45) is 0 Å². The molecular weight excluding hydrogens is 236 g/mol. The van der Waals surface area contributed by atoms with Crippen molar-refractivity contribution < 1.29 is 24.5 Å². The van der Waals surface area contributed by atoms with Crippen LogP contribution in [0.2, 0.25) is 0 Å². The van der Waals surface area contributed by atoms with Crippen LogP contribution in [-0.4, -0.2) is 40.6 Å². The molecule has 0 amide bonds. The fourth-order valence-electron chi connectivity index (χ4n) is 2.54. The molecule has 2 aliphatic rings. The van der Waals surface area contributed by atoms with Crippen molar-refractivity contribution >= 4 is 5.97 Å². The standard InChI is InChI=1S/C13H14O5/c14-9-6-8-12(18-9)11(16)13(17-8)10(15)7-4-2-1-3-5-7/h1-5,8,10-13,15-16H,6H2/t8-,10+,11?,12+,13?/m0/s1. The smallest absolute Gasteiger partial charge is 0.309 e. The number of benzene rings is 1. The van der Waals surface area contributed by atoms with Gasteiger partial charge >= 0.3 is 5.97 Å². The fraction of sp³-hybridized carbons (Fsp3) is 0.462. The van der Waals surface area contributed by atoms with Gasteiger partial charge in [-0.15, -0.1) is 0 Å². The average Bonchev–Trinajstić information content (AvgIpc) is 2.88. The molecule has 2 heterocycles. The summed E-state index contributed by atoms with van der Waals surface area (Å²) in [6.45, 7) is 0. The van der Waals surface area contributed by atoms with Gasteiger partial charge in [0.2, 0.25) is 0 Å². The minimum atomic E-state index is -0.989. The van der Waals surface area contributed by atoms with E-state index in [9.17, 15) is 15.0 Å². The van der Waals surface area contributed by atoms with Gasteiger partial charge in [-0.2, -0.15) is 0 Å². The molecule has 2 N–H and O–H groups in total. The van der Waals surface area contributed by atoms with Crippen LogP contribution >= 0.6 is 0 Å². The maximum absolute atomic E-state index is 11.1. The summed E-state index contributed by atoms with van der Waals surface area (Å²) in [5.74, 6) is -0.364. The van der Waals surface area contributed by atoms with Gasteiger partial charge in [-0.1, -0.05) is 30.3 Å². The molecule has 2 saturated heterocycles. The molecular formula is C13H14O5. The molecule has 5 nitrogen and oxygen atoms in total. The molecule has 96 valence electrons. The Balaban J connectivity index is 1.77. The third-order valence-corrected chi connectivity index (χ3v) is 3.46. The van der Waals surface area contributed by atoms with E-state index in [1.165, 1.54) is 0 Å². The summed E-state index contributed by atoms with van der Waals surface area (Å²) in [6, 6.07) is 8.99. The number of esters is 1. The molecule has 0 aromatic heterocycles. The molecule has 18 heavy (non-hydrogen) atoms. The van der Waals surface area contributed by atoms with Gasteiger partial charge in [-0.25, -0.2) is 0 Å². The summed E-state index contributed by atoms with van der Waals surface area (Å²) >= 11 is 0. The Hall–Kier alpha value is -1.43. The lowest BCUT2D eigenvalue weighted by atomic mass is 9.99. The van der Waals surface area contributed by atoms with Crippen molar-refractivity contribution in [2.45, 2.75) is 36.9 Å². The van der Waals surface area contributed by atoms with E-state index in [0.29, 0.717) is 5.56 Å². The minimum absolute atomic E-state index is 0.139. The molecule has 2 fully saturated rings. The quantitative estimate of drug-likeness (QED) is 0.731. The van der Waals surface area contributed by atoms with Gasteiger partial charge in [0.15, 0.2) is 6.10 Å². The minimum Gasteiger partial charge on any atom is -0.457 e. The van der Waals surface area contributed by atoms with Crippen molar-refractivity contribution in [2.75, 3.05) is 0 Å². The molecule has 0 spiro atoms. The van der Waals surface area contributed by atoms with Gasteiger partial charge in [0, 0.05) is 0 Å². The molecule has 5 heteroatoms. The topological polar surface area (TPSA) is 76.0 Å². The zero-order chi connectivity index (χ0) is 12.7. The van der Waals surface area contributed by atoms with Crippen LogP contribution in [0.15, 0.2) is 30.3 Å². The number of hydrogen-bond donors (Lipinski definition) is 2. The molecule has 2 unspecified atom stereocenters. The van der Waals surface area contributed by atoms with Gasteiger partial charge in [0.05, 0.1) is 6.42 Å². The Morgan fingerprint density at radius 3 is 2.67 bits per heavy atom. The molecule has 0 radical (unpaired) electrons. The van der Waals surface area contributed by atoms with Crippen molar-refractivity contribution in [3.8, 4) is 0 Å². The summed E-state index contributed by atoms with van der Waals surface area (Å²) in [5.41, 5.74) is 0.674. The van der Waals surface area contributed by atoms with Crippen LogP contribution in [0.5, 0.6) is 0 Å². The summed E-state index contributed by atoms with van der Waals surface area (Å²) < 4.78 is 10.5. The van der Waals surface area contributed by atoms with Gasteiger partial charge in [0.25, 0.3) is 0 Å². The predicted molar refractivity (Wildman–Crippen MR) is 60.6 cm³/mol. The van der Waals surface area contributed by atoms with Crippen LogP contribution < -0.4 is 0 Å². The van der Waals surface area contributed by atoms with E-state index in [-0.39, 0.29) is 12.4 Å². The first-order valence-corrected chi connectivity index (χ1v) is 5.93. The maximum atomic E-state index is 11.1. The molecule has 0 bridgehead atoms. The van der Waals surface area contributed by atoms with Gasteiger partial charge in [0.1, 0.15) is 24.4 Å². The highest BCUT2D eigenvalue weighted by Crippen LogP contribution is 2.36. The Labute approximate surface area is 104 Å². The first-order valence-electron chi connectivity index (χ1n) is 5.93. The molecule has 0 saturated carbocycles. The average molecular weight is 250 g/mol. The zero-order valence-electron chi connectivity index (χ0n) is 9.60. The summed E-state index contributed by atoms with van der Waals surface area (Å²) in [7, 11) is 0. The van der Waals surface area contributed by atoms with E-state index in [0.717, 1.165) is 0 Å². The summed E-state index contributed by atoms with van der Waals surface area (Å²) in [4.78, 5) is 11.1. The number of ether oxygens (including phenoxy) is 2. The van der Waals surface area contributed by atoms with Crippen LogP contribution in [0, 0.1) is 0 Å². The Bertz CT molecular complexity index is 446. The highest BCUT2D eigenvalue weighted by molar-refractivity contribution is 5.73. The lowest BCUT2D eigenvalue weighted by Gasteiger charge is -2.22. The molecule has 2 aliphatic heterocycles. The van der Waals surface area contributed by atoms with E-state index in [4.69, 9.17) is 9.47 Å². The fourth-order valence-corrected chi connectivity index (χ4v) is 2.54. The van der Waals surface area contributed by atoms with E-state index >= 15 is 0 Å². The van der Waals surface area contributed by atoms with Gasteiger partial charge in [-0.3, -0.25) is 4.79 Å². The number of aliphatic hydroxyl groups excluding tert-OH is 2. The number of aliphatic hydroxyl groups is 2. The summed E-state index contributed by atoms with van der Waals surface area (Å²) in [6.07, 6.45) is -3.63. The third-order valence-electron chi connectivity index (χ3n) is 3.46. The Morgan fingerprint density at radius 2 is 2.00 bits per heavy atom. The van der Waals surface area contributed by atoms with Crippen LogP contribution in [0.3, 0.4) is 0 Å². The highest BCUT2D eigenvalue weighted by atomic mass is 16.6.